The first kappa shape index (κ1) is 10.7. The molecule has 2 N–H and O–H groups in total. The van der Waals surface area contributed by atoms with Crippen molar-refractivity contribution in [3.8, 4) is 11.1 Å². The summed E-state index contributed by atoms with van der Waals surface area (Å²) in [6, 6.07) is 10.2. The van der Waals surface area contributed by atoms with Crippen LogP contribution in [0.4, 0.5) is 10.2 Å². The molecule has 0 spiro atoms. The van der Waals surface area contributed by atoms with Crippen molar-refractivity contribution < 1.29 is 4.39 Å². The van der Waals surface area contributed by atoms with E-state index in [4.69, 9.17) is 5.73 Å². The van der Waals surface area contributed by atoms with E-state index < -0.39 is 0 Å². The van der Waals surface area contributed by atoms with Crippen LogP contribution < -0.4 is 5.73 Å². The molecule has 0 aliphatic heterocycles. The summed E-state index contributed by atoms with van der Waals surface area (Å²) in [6.07, 6.45) is 3.36. The van der Waals surface area contributed by atoms with Gasteiger partial charge in [-0.15, -0.1) is 0 Å². The lowest BCUT2D eigenvalue weighted by molar-refractivity contribution is 0.639. The Morgan fingerprint density at radius 2 is 1.78 bits per heavy atom. The third-order valence-electron chi connectivity index (χ3n) is 2.79. The molecule has 0 aliphatic carbocycles. The van der Waals surface area contributed by atoms with Crippen molar-refractivity contribution in [2.75, 3.05) is 5.73 Å². The fraction of sp³-hybridized carbons (Fsp3) is 0. The predicted octanol–water partition coefficient (Wildman–Crippen LogP) is 3.02. The van der Waals surface area contributed by atoms with E-state index in [1.165, 1.54) is 6.07 Å². The summed E-state index contributed by atoms with van der Waals surface area (Å²) < 4.78 is 13.7. The third kappa shape index (κ3) is 1.78. The number of anilines is 1. The highest BCUT2D eigenvalue weighted by atomic mass is 19.1. The van der Waals surface area contributed by atoms with Gasteiger partial charge in [0.05, 0.1) is 5.52 Å². The van der Waals surface area contributed by atoms with E-state index in [0.29, 0.717) is 16.7 Å². The smallest absolute Gasteiger partial charge is 0.132 e. The number of hydrogen-bond acceptors (Lipinski definition) is 3. The minimum Gasteiger partial charge on any atom is -0.384 e. The van der Waals surface area contributed by atoms with Crippen LogP contribution in [-0.4, -0.2) is 9.97 Å². The van der Waals surface area contributed by atoms with Crippen LogP contribution in [0.2, 0.25) is 0 Å². The number of nitrogens with zero attached hydrogens (tertiary/aromatic N) is 2. The second-order valence-corrected chi connectivity index (χ2v) is 4.00. The maximum atomic E-state index is 13.7. The highest BCUT2D eigenvalue weighted by molar-refractivity contribution is 5.83. The van der Waals surface area contributed by atoms with E-state index >= 15 is 0 Å². The van der Waals surface area contributed by atoms with E-state index in [9.17, 15) is 4.39 Å². The molecule has 0 unspecified atom stereocenters. The van der Waals surface area contributed by atoms with Crippen molar-refractivity contribution in [3.05, 3.63) is 54.6 Å². The number of nitrogens with two attached hydrogens (primary N) is 1. The molecule has 88 valence electrons. The van der Waals surface area contributed by atoms with Gasteiger partial charge in [0.1, 0.15) is 11.6 Å². The van der Waals surface area contributed by atoms with Crippen LogP contribution in [-0.2, 0) is 0 Å². The Balaban J connectivity index is 2.18. The van der Waals surface area contributed by atoms with Crippen molar-refractivity contribution in [2.24, 2.45) is 0 Å². The Morgan fingerprint density at radius 3 is 2.56 bits per heavy atom. The number of hydrogen-bond donors (Lipinski definition) is 1. The van der Waals surface area contributed by atoms with Gasteiger partial charge in [0.15, 0.2) is 0 Å². The molecule has 3 rings (SSSR count). The van der Waals surface area contributed by atoms with Crippen LogP contribution in [0.5, 0.6) is 0 Å². The number of fused-ring (bicyclic) bond motifs is 1. The van der Waals surface area contributed by atoms with Crippen LogP contribution in [0.25, 0.3) is 22.0 Å². The summed E-state index contributed by atoms with van der Waals surface area (Å²) >= 11 is 0. The Kier molecular flexibility index (Phi) is 2.41. The first-order valence-electron chi connectivity index (χ1n) is 5.50. The zero-order valence-corrected chi connectivity index (χ0v) is 9.47. The second-order valence-electron chi connectivity index (χ2n) is 4.00. The summed E-state index contributed by atoms with van der Waals surface area (Å²) in [7, 11) is 0. The quantitative estimate of drug-likeness (QED) is 0.710. The molecule has 2 aromatic heterocycles. The Labute approximate surface area is 103 Å². The van der Waals surface area contributed by atoms with Gasteiger partial charge < -0.3 is 5.73 Å². The highest BCUT2D eigenvalue weighted by Crippen LogP contribution is 2.24. The molecule has 18 heavy (non-hydrogen) atoms. The van der Waals surface area contributed by atoms with Gasteiger partial charge in [0.2, 0.25) is 0 Å². The number of rotatable bonds is 1. The minimum absolute atomic E-state index is 0.273. The van der Waals surface area contributed by atoms with E-state index in [2.05, 4.69) is 9.97 Å². The highest BCUT2D eigenvalue weighted by Gasteiger charge is 2.04. The summed E-state index contributed by atoms with van der Waals surface area (Å²) in [4.78, 5) is 8.26. The number of aromatic nitrogens is 2. The molecule has 1 aromatic carbocycles. The van der Waals surface area contributed by atoms with Crippen LogP contribution >= 0.6 is 0 Å². The first-order chi connectivity index (χ1) is 8.74. The lowest BCUT2D eigenvalue weighted by atomic mass is 10.1. The molecular weight excluding hydrogens is 229 g/mol. The van der Waals surface area contributed by atoms with Crippen LogP contribution in [0.15, 0.2) is 48.8 Å². The van der Waals surface area contributed by atoms with E-state index in [1.54, 1.807) is 36.7 Å². The minimum atomic E-state index is -0.273. The molecule has 3 nitrogen and oxygen atoms in total. The normalized spacial score (nSPS) is 10.7. The molecule has 0 bridgehead atoms. The monoisotopic (exact) mass is 239 g/mol. The Morgan fingerprint density at radius 1 is 0.944 bits per heavy atom. The summed E-state index contributed by atoms with van der Waals surface area (Å²) in [6.45, 7) is 0. The maximum Gasteiger partial charge on any atom is 0.132 e. The number of pyridine rings is 2. The van der Waals surface area contributed by atoms with Gasteiger partial charge in [-0.25, -0.2) is 9.37 Å². The summed E-state index contributed by atoms with van der Waals surface area (Å²) in [5.41, 5.74) is 7.86. The van der Waals surface area contributed by atoms with Crippen LogP contribution in [0.1, 0.15) is 0 Å². The molecule has 0 radical (unpaired) electrons. The van der Waals surface area contributed by atoms with E-state index in [0.717, 1.165) is 11.1 Å². The average Bonchev–Trinajstić information content (AvgIpc) is 2.40. The van der Waals surface area contributed by atoms with Crippen molar-refractivity contribution >= 4 is 16.7 Å². The number of halogens is 1. The van der Waals surface area contributed by atoms with Crippen molar-refractivity contribution in [2.45, 2.75) is 0 Å². The summed E-state index contributed by atoms with van der Waals surface area (Å²) in [5.74, 6) is 0.184. The van der Waals surface area contributed by atoms with Crippen LogP contribution in [0, 0.1) is 5.82 Å². The molecule has 0 aliphatic rings. The topological polar surface area (TPSA) is 51.8 Å². The number of nitrogen functional groups attached to an aromatic ring is 1. The molecule has 0 saturated carbocycles. The molecule has 0 atom stereocenters. The standard InChI is InChI=1S/C14H10FN3/c15-12-2-1-3-13-11(12)6-10(8-17-13)9-4-5-14(16)18-7-9/h1-8H,(H2,16,18). The third-order valence-corrected chi connectivity index (χ3v) is 2.79. The maximum absolute atomic E-state index is 13.7. The van der Waals surface area contributed by atoms with Gasteiger partial charge >= 0.3 is 0 Å². The molecule has 2 heterocycles. The fourth-order valence-corrected chi connectivity index (χ4v) is 1.85. The fourth-order valence-electron chi connectivity index (χ4n) is 1.85. The Bertz CT molecular complexity index is 708. The molecule has 4 heteroatoms. The van der Waals surface area contributed by atoms with Crippen molar-refractivity contribution in [3.63, 3.8) is 0 Å². The average molecular weight is 239 g/mol. The molecule has 3 aromatic rings. The van der Waals surface area contributed by atoms with Gasteiger partial charge in [0, 0.05) is 28.9 Å². The molecule has 0 amide bonds. The van der Waals surface area contributed by atoms with Crippen LogP contribution in [0.3, 0.4) is 0 Å². The molecule has 0 saturated heterocycles. The van der Waals surface area contributed by atoms with Crippen molar-refractivity contribution in [1.29, 1.82) is 0 Å². The van der Waals surface area contributed by atoms with Gasteiger partial charge in [-0.3, -0.25) is 4.98 Å². The zero-order valence-electron chi connectivity index (χ0n) is 9.47. The predicted molar refractivity (Wildman–Crippen MR) is 69.3 cm³/mol. The van der Waals surface area contributed by atoms with E-state index in [1.807, 2.05) is 6.07 Å². The molecular formula is C14H10FN3. The van der Waals surface area contributed by atoms with Gasteiger partial charge in [-0.2, -0.15) is 0 Å². The number of benzene rings is 1. The SMILES string of the molecule is Nc1ccc(-c2cnc3cccc(F)c3c2)cn1. The van der Waals surface area contributed by atoms with Crippen molar-refractivity contribution in [1.82, 2.24) is 9.97 Å². The zero-order chi connectivity index (χ0) is 12.5. The van der Waals surface area contributed by atoms with Gasteiger partial charge in [0.25, 0.3) is 0 Å². The molecule has 0 fully saturated rings. The van der Waals surface area contributed by atoms with E-state index in [-0.39, 0.29) is 5.82 Å². The lowest BCUT2D eigenvalue weighted by Crippen LogP contribution is -1.90. The second kappa shape index (κ2) is 4.07. The summed E-state index contributed by atoms with van der Waals surface area (Å²) in [5, 5.41) is 0.506. The Hall–Kier alpha value is -2.49. The van der Waals surface area contributed by atoms with Gasteiger partial charge in [-0.05, 0) is 30.3 Å². The largest absolute Gasteiger partial charge is 0.384 e. The lowest BCUT2D eigenvalue weighted by Gasteiger charge is -2.04. The first-order valence-corrected chi connectivity index (χ1v) is 5.50. The van der Waals surface area contributed by atoms with Gasteiger partial charge in [-0.1, -0.05) is 6.07 Å².